The van der Waals surface area contributed by atoms with Crippen molar-refractivity contribution in [3.63, 3.8) is 0 Å². The van der Waals surface area contributed by atoms with Crippen LogP contribution in [-0.2, 0) is 11.3 Å². The molecule has 0 bridgehead atoms. The summed E-state index contributed by atoms with van der Waals surface area (Å²) in [6, 6.07) is 8.65. The van der Waals surface area contributed by atoms with Crippen LogP contribution >= 0.6 is 0 Å². The monoisotopic (exact) mass is 261 g/mol. The second-order valence-corrected chi connectivity index (χ2v) is 5.48. The Morgan fingerprint density at radius 3 is 2.68 bits per heavy atom. The molecule has 4 heteroatoms. The molecule has 1 aliphatic rings. The molecular weight excluding hydrogens is 238 g/mol. The third-order valence-electron chi connectivity index (χ3n) is 3.51. The van der Waals surface area contributed by atoms with Crippen molar-refractivity contribution in [2.75, 3.05) is 26.4 Å². The van der Waals surface area contributed by atoms with Gasteiger partial charge >= 0.3 is 0 Å². The smallest absolute Gasteiger partial charge is 0.223 e. The van der Waals surface area contributed by atoms with Crippen molar-refractivity contribution in [2.24, 2.45) is 0 Å². The van der Waals surface area contributed by atoms with Crippen molar-refractivity contribution in [1.29, 1.82) is 0 Å². The molecule has 1 saturated carbocycles. The number of anilines is 1. The number of nitrogens with two attached hydrogens (primary N) is 1. The zero-order valence-corrected chi connectivity index (χ0v) is 11.8. The maximum atomic E-state index is 11.7. The van der Waals surface area contributed by atoms with E-state index in [4.69, 9.17) is 5.73 Å². The zero-order chi connectivity index (χ0) is 13.8. The Morgan fingerprint density at radius 2 is 2.11 bits per heavy atom. The van der Waals surface area contributed by atoms with Crippen LogP contribution < -0.4 is 5.73 Å². The number of benzene rings is 1. The fourth-order valence-electron chi connectivity index (χ4n) is 2.22. The predicted molar refractivity (Wildman–Crippen MR) is 77.6 cm³/mol. The second kappa shape index (κ2) is 6.06. The average molecular weight is 261 g/mol. The van der Waals surface area contributed by atoms with E-state index in [0.717, 1.165) is 18.8 Å². The van der Waals surface area contributed by atoms with E-state index in [1.807, 2.05) is 32.3 Å². The van der Waals surface area contributed by atoms with Gasteiger partial charge in [-0.15, -0.1) is 0 Å². The first-order valence-corrected chi connectivity index (χ1v) is 6.85. The van der Waals surface area contributed by atoms with Gasteiger partial charge in [-0.1, -0.05) is 12.1 Å². The molecule has 1 amide bonds. The van der Waals surface area contributed by atoms with E-state index < -0.39 is 0 Å². The molecule has 0 heterocycles. The van der Waals surface area contributed by atoms with Gasteiger partial charge in [-0.2, -0.15) is 0 Å². The third kappa shape index (κ3) is 4.24. The van der Waals surface area contributed by atoms with Gasteiger partial charge in [0.15, 0.2) is 0 Å². The van der Waals surface area contributed by atoms with Gasteiger partial charge in [-0.25, -0.2) is 0 Å². The van der Waals surface area contributed by atoms with Crippen LogP contribution in [-0.4, -0.2) is 42.4 Å². The van der Waals surface area contributed by atoms with E-state index in [-0.39, 0.29) is 5.91 Å². The highest BCUT2D eigenvalue weighted by atomic mass is 16.2. The van der Waals surface area contributed by atoms with Gasteiger partial charge in [0, 0.05) is 45.3 Å². The molecule has 0 radical (unpaired) electrons. The van der Waals surface area contributed by atoms with Gasteiger partial charge in [-0.05, 0) is 30.5 Å². The lowest BCUT2D eigenvalue weighted by molar-refractivity contribution is -0.129. The molecule has 0 spiro atoms. The summed E-state index contributed by atoms with van der Waals surface area (Å²) in [4.78, 5) is 15.7. The summed E-state index contributed by atoms with van der Waals surface area (Å²) >= 11 is 0. The minimum Gasteiger partial charge on any atom is -0.399 e. The summed E-state index contributed by atoms with van der Waals surface area (Å²) in [6.45, 7) is 1.72. The maximum absolute atomic E-state index is 11.7. The molecule has 0 unspecified atom stereocenters. The molecule has 104 valence electrons. The Hall–Kier alpha value is -1.55. The molecule has 2 rings (SSSR count). The average Bonchev–Trinajstić information content (AvgIpc) is 3.18. The van der Waals surface area contributed by atoms with Crippen LogP contribution in [0, 0.1) is 0 Å². The van der Waals surface area contributed by atoms with Crippen LogP contribution in [0.4, 0.5) is 5.69 Å². The predicted octanol–water partition coefficient (Wildman–Crippen LogP) is 1.71. The normalized spacial score (nSPS) is 14.7. The highest BCUT2D eigenvalue weighted by Crippen LogP contribution is 2.28. The molecule has 4 nitrogen and oxygen atoms in total. The fourth-order valence-corrected chi connectivity index (χ4v) is 2.22. The molecule has 1 aromatic rings. The lowest BCUT2D eigenvalue weighted by Gasteiger charge is -2.22. The fraction of sp³-hybridized carbons (Fsp3) is 0.533. The topological polar surface area (TPSA) is 49.6 Å². The summed E-state index contributed by atoms with van der Waals surface area (Å²) in [5.74, 6) is 0.193. The second-order valence-electron chi connectivity index (χ2n) is 5.48. The first kappa shape index (κ1) is 13.9. The van der Waals surface area contributed by atoms with Crippen molar-refractivity contribution in [2.45, 2.75) is 31.8 Å². The van der Waals surface area contributed by atoms with Crippen molar-refractivity contribution in [3.8, 4) is 0 Å². The van der Waals surface area contributed by atoms with Crippen molar-refractivity contribution >= 4 is 11.6 Å². The highest BCUT2D eigenvalue weighted by Gasteiger charge is 2.29. The van der Waals surface area contributed by atoms with Crippen LogP contribution in [0.25, 0.3) is 0 Å². The summed E-state index contributed by atoms with van der Waals surface area (Å²) in [5, 5.41) is 0. The Morgan fingerprint density at radius 1 is 1.37 bits per heavy atom. The number of carbonyl (C=O) groups is 1. The minimum atomic E-state index is 0.193. The lowest BCUT2D eigenvalue weighted by Crippen LogP contribution is -2.31. The summed E-state index contributed by atoms with van der Waals surface area (Å²) in [5.41, 5.74) is 7.84. The van der Waals surface area contributed by atoms with E-state index in [1.54, 1.807) is 4.90 Å². The number of nitrogens with zero attached hydrogens (tertiary/aromatic N) is 2. The summed E-state index contributed by atoms with van der Waals surface area (Å²) in [7, 11) is 3.61. The third-order valence-corrected chi connectivity index (χ3v) is 3.51. The highest BCUT2D eigenvalue weighted by molar-refractivity contribution is 5.75. The van der Waals surface area contributed by atoms with E-state index in [1.165, 1.54) is 18.4 Å². The molecule has 0 atom stereocenters. The van der Waals surface area contributed by atoms with Crippen LogP contribution in [0.5, 0.6) is 0 Å². The summed E-state index contributed by atoms with van der Waals surface area (Å²) in [6.07, 6.45) is 3.09. The van der Waals surface area contributed by atoms with Crippen LogP contribution in [0.1, 0.15) is 24.8 Å². The standard InChI is InChI=1S/C15H23N3O/c1-17(2)15(19)8-9-18(14-6-7-14)11-12-4-3-5-13(16)10-12/h3-5,10,14H,6-9,11,16H2,1-2H3. The van der Waals surface area contributed by atoms with E-state index in [9.17, 15) is 4.79 Å². The van der Waals surface area contributed by atoms with Crippen LogP contribution in [0.3, 0.4) is 0 Å². The van der Waals surface area contributed by atoms with Crippen LogP contribution in [0.2, 0.25) is 0 Å². The van der Waals surface area contributed by atoms with Crippen molar-refractivity contribution in [1.82, 2.24) is 9.80 Å². The van der Waals surface area contributed by atoms with E-state index in [2.05, 4.69) is 11.0 Å². The number of hydrogen-bond donors (Lipinski definition) is 1. The number of hydrogen-bond acceptors (Lipinski definition) is 3. The van der Waals surface area contributed by atoms with Crippen molar-refractivity contribution in [3.05, 3.63) is 29.8 Å². The molecule has 2 N–H and O–H groups in total. The summed E-state index contributed by atoms with van der Waals surface area (Å²) < 4.78 is 0. The number of amides is 1. The van der Waals surface area contributed by atoms with E-state index in [0.29, 0.717) is 12.5 Å². The van der Waals surface area contributed by atoms with Crippen molar-refractivity contribution < 1.29 is 4.79 Å². The number of nitrogen functional groups attached to an aromatic ring is 1. The lowest BCUT2D eigenvalue weighted by atomic mass is 10.2. The molecule has 0 aliphatic heterocycles. The van der Waals surface area contributed by atoms with Gasteiger partial charge in [0.25, 0.3) is 0 Å². The van der Waals surface area contributed by atoms with E-state index >= 15 is 0 Å². The molecule has 1 aliphatic carbocycles. The first-order chi connectivity index (χ1) is 9.06. The largest absolute Gasteiger partial charge is 0.399 e. The quantitative estimate of drug-likeness (QED) is 0.793. The minimum absolute atomic E-state index is 0.193. The Balaban J connectivity index is 1.91. The Labute approximate surface area is 115 Å². The van der Waals surface area contributed by atoms with Gasteiger partial charge < -0.3 is 10.6 Å². The molecular formula is C15H23N3O. The molecule has 0 saturated heterocycles. The maximum Gasteiger partial charge on any atom is 0.223 e. The molecule has 1 aromatic carbocycles. The molecule has 0 aromatic heterocycles. The number of carbonyl (C=O) groups excluding carboxylic acids is 1. The first-order valence-electron chi connectivity index (χ1n) is 6.85. The number of rotatable bonds is 6. The molecule has 19 heavy (non-hydrogen) atoms. The van der Waals surface area contributed by atoms with Gasteiger partial charge in [0.05, 0.1) is 0 Å². The van der Waals surface area contributed by atoms with Gasteiger partial charge in [0.2, 0.25) is 5.91 Å². The Kier molecular flexibility index (Phi) is 4.43. The Bertz CT molecular complexity index is 441. The van der Waals surface area contributed by atoms with Gasteiger partial charge in [-0.3, -0.25) is 9.69 Å². The van der Waals surface area contributed by atoms with Crippen LogP contribution in [0.15, 0.2) is 24.3 Å². The van der Waals surface area contributed by atoms with Gasteiger partial charge in [0.1, 0.15) is 0 Å². The SMILES string of the molecule is CN(C)C(=O)CCN(Cc1cccc(N)c1)C1CC1. The zero-order valence-electron chi connectivity index (χ0n) is 11.8. The molecule has 1 fully saturated rings.